The number of alkyl halides is 6. The Hall–Kier alpha value is -3.78. The molecule has 0 atom stereocenters. The number of hydrogen-bond donors (Lipinski definition) is 0. The van der Waals surface area contributed by atoms with Gasteiger partial charge in [0.15, 0.2) is 46.5 Å². The van der Waals surface area contributed by atoms with Crippen LogP contribution in [0.1, 0.15) is 37.5 Å². The first-order valence-electron chi connectivity index (χ1n) is 11.5. The van der Waals surface area contributed by atoms with Gasteiger partial charge in [-0.05, 0) is 45.4 Å². The lowest BCUT2D eigenvalue weighted by molar-refractivity contribution is -0.140. The lowest BCUT2D eigenvalue weighted by atomic mass is 9.85. The van der Waals surface area contributed by atoms with Crippen molar-refractivity contribution in [3.05, 3.63) is 75.4 Å². The molecule has 0 radical (unpaired) electrons. The van der Waals surface area contributed by atoms with Crippen LogP contribution in [0.5, 0.6) is 5.75 Å². The molecule has 4 aromatic carbocycles. The third-order valence-electron chi connectivity index (χ3n) is 6.20. The minimum absolute atomic E-state index is 0.174. The molecule has 4 aromatic rings. The van der Waals surface area contributed by atoms with Crippen molar-refractivity contribution in [1.29, 1.82) is 0 Å². The van der Waals surface area contributed by atoms with Gasteiger partial charge in [-0.15, -0.1) is 0 Å². The Labute approximate surface area is 226 Å². The number of ether oxygens (including phenoxy) is 1. The van der Waals surface area contributed by atoms with Crippen molar-refractivity contribution in [2.24, 2.45) is 0 Å². The van der Waals surface area contributed by atoms with Crippen molar-refractivity contribution in [3.63, 3.8) is 0 Å². The quantitative estimate of drug-likeness (QED) is 0.123. The molecule has 15 heteroatoms. The highest BCUT2D eigenvalue weighted by Crippen LogP contribution is 2.53. The molecule has 4 rings (SSSR count). The summed E-state index contributed by atoms with van der Waals surface area (Å²) < 4.78 is 208. The van der Waals surface area contributed by atoms with Gasteiger partial charge in [-0.1, -0.05) is 0 Å². The van der Waals surface area contributed by atoms with E-state index in [0.29, 0.717) is 6.92 Å². The van der Waals surface area contributed by atoms with Crippen LogP contribution in [0, 0.1) is 53.5 Å². The van der Waals surface area contributed by atoms with Crippen molar-refractivity contribution >= 4 is 21.5 Å². The summed E-state index contributed by atoms with van der Waals surface area (Å²) in [5, 5.41) is -6.70. The maximum absolute atomic E-state index is 15.4. The molecule has 0 aliphatic carbocycles. The van der Waals surface area contributed by atoms with Gasteiger partial charge in [0.1, 0.15) is 11.4 Å². The molecule has 42 heavy (non-hydrogen) atoms. The highest BCUT2D eigenvalue weighted by Gasteiger charge is 2.42. The average molecular weight is 620 g/mol. The average Bonchev–Trinajstić information content (AvgIpc) is 2.85. The number of benzene rings is 4. The zero-order valence-electron chi connectivity index (χ0n) is 21.4. The van der Waals surface area contributed by atoms with E-state index in [9.17, 15) is 52.7 Å². The lowest BCUT2D eigenvalue weighted by Gasteiger charge is -2.29. The molecule has 0 amide bonds. The van der Waals surface area contributed by atoms with Crippen LogP contribution in [0.2, 0.25) is 0 Å². The molecule has 0 aromatic heterocycles. The summed E-state index contributed by atoms with van der Waals surface area (Å²) in [4.78, 5) is 0. The van der Waals surface area contributed by atoms with Gasteiger partial charge >= 0.3 is 12.4 Å². The summed E-state index contributed by atoms with van der Waals surface area (Å²) >= 11 is 0. The standard InChI is InChI=1S/C27H14F14O/c1-7-10(26(36,37)38)5-8-13(18(30)22(34)20(32)16(8)28)12(7)15-14-9(17(29)21(33)23(35)19(14)31)6-11(27(39,40)41)24(15)42-25(2,3)4/h5-6H,1-4H3. The Morgan fingerprint density at radius 3 is 1.24 bits per heavy atom. The van der Waals surface area contributed by atoms with Crippen LogP contribution in [0.4, 0.5) is 61.5 Å². The van der Waals surface area contributed by atoms with Crippen LogP contribution < -0.4 is 4.74 Å². The van der Waals surface area contributed by atoms with Gasteiger partial charge in [-0.3, -0.25) is 0 Å². The number of hydrogen-bond acceptors (Lipinski definition) is 1. The van der Waals surface area contributed by atoms with Gasteiger partial charge in [0.05, 0.1) is 11.1 Å². The van der Waals surface area contributed by atoms with E-state index in [4.69, 9.17) is 4.74 Å². The van der Waals surface area contributed by atoms with Crippen LogP contribution in [0.3, 0.4) is 0 Å². The molecule has 226 valence electrons. The molecule has 0 spiro atoms. The predicted molar refractivity (Wildman–Crippen MR) is 122 cm³/mol. The molecule has 0 aliphatic rings. The summed E-state index contributed by atoms with van der Waals surface area (Å²) in [7, 11) is 0. The van der Waals surface area contributed by atoms with E-state index in [2.05, 4.69) is 0 Å². The SMILES string of the molecule is Cc1c(C(F)(F)F)cc2c(F)c(F)c(F)c(F)c2c1-c1c(OC(C)(C)C)c(C(F)(F)F)cc2c(F)c(F)c(F)c(F)c12. The van der Waals surface area contributed by atoms with Crippen molar-refractivity contribution in [3.8, 4) is 16.9 Å². The second kappa shape index (κ2) is 9.63. The second-order valence-corrected chi connectivity index (χ2v) is 10.1. The normalized spacial score (nSPS) is 13.0. The van der Waals surface area contributed by atoms with Gasteiger partial charge < -0.3 is 4.74 Å². The Balaban J connectivity index is 2.54. The molecule has 0 saturated carbocycles. The van der Waals surface area contributed by atoms with E-state index >= 15 is 8.78 Å². The largest absolute Gasteiger partial charge is 0.487 e. The van der Waals surface area contributed by atoms with Crippen LogP contribution >= 0.6 is 0 Å². The van der Waals surface area contributed by atoms with Gasteiger partial charge in [-0.25, -0.2) is 35.1 Å². The summed E-state index contributed by atoms with van der Waals surface area (Å²) in [5.74, 6) is -21.9. The van der Waals surface area contributed by atoms with E-state index in [1.807, 2.05) is 0 Å². The van der Waals surface area contributed by atoms with Crippen LogP contribution in [-0.4, -0.2) is 5.60 Å². The zero-order valence-corrected chi connectivity index (χ0v) is 21.4. The molecule has 0 aliphatic heterocycles. The minimum atomic E-state index is -5.64. The van der Waals surface area contributed by atoms with Gasteiger partial charge in [0.25, 0.3) is 0 Å². The van der Waals surface area contributed by atoms with Crippen molar-refractivity contribution < 1.29 is 66.2 Å². The van der Waals surface area contributed by atoms with Crippen molar-refractivity contribution in [1.82, 2.24) is 0 Å². The predicted octanol–water partition coefficient (Wildman–Crippen LogP) is 10.3. The number of rotatable bonds is 2. The lowest BCUT2D eigenvalue weighted by Crippen LogP contribution is -2.26. The topological polar surface area (TPSA) is 9.23 Å². The van der Waals surface area contributed by atoms with Crippen LogP contribution in [0.25, 0.3) is 32.7 Å². The van der Waals surface area contributed by atoms with Crippen molar-refractivity contribution in [2.45, 2.75) is 45.6 Å². The summed E-state index contributed by atoms with van der Waals surface area (Å²) in [6.07, 6.45) is -11.2. The van der Waals surface area contributed by atoms with E-state index in [0.717, 1.165) is 20.8 Å². The molecular formula is C27H14F14O. The number of fused-ring (bicyclic) bond motifs is 2. The highest BCUT2D eigenvalue weighted by molar-refractivity contribution is 6.10. The fraction of sp³-hybridized carbons (Fsp3) is 0.259. The zero-order chi connectivity index (χ0) is 32.0. The fourth-order valence-electron chi connectivity index (χ4n) is 4.56. The molecule has 0 saturated heterocycles. The Bertz CT molecular complexity index is 1790. The number of halogens is 14. The highest BCUT2D eigenvalue weighted by atomic mass is 19.4. The second-order valence-electron chi connectivity index (χ2n) is 10.1. The first-order chi connectivity index (χ1) is 19.0. The fourth-order valence-corrected chi connectivity index (χ4v) is 4.56. The van der Waals surface area contributed by atoms with E-state index < -0.39 is 120 Å². The van der Waals surface area contributed by atoms with E-state index in [-0.39, 0.29) is 12.1 Å². The minimum Gasteiger partial charge on any atom is -0.487 e. The van der Waals surface area contributed by atoms with Gasteiger partial charge in [-0.2, -0.15) is 26.3 Å². The molecular weight excluding hydrogens is 606 g/mol. The molecule has 0 bridgehead atoms. The summed E-state index contributed by atoms with van der Waals surface area (Å²) in [6.45, 7) is 3.75. The maximum atomic E-state index is 15.4. The first kappa shape index (κ1) is 31.2. The molecule has 0 heterocycles. The van der Waals surface area contributed by atoms with Gasteiger partial charge in [0, 0.05) is 32.7 Å². The molecule has 0 fully saturated rings. The van der Waals surface area contributed by atoms with Gasteiger partial charge in [0.2, 0.25) is 0 Å². The summed E-state index contributed by atoms with van der Waals surface area (Å²) in [6, 6.07) is -0.393. The smallest absolute Gasteiger partial charge is 0.420 e. The molecule has 0 unspecified atom stereocenters. The first-order valence-corrected chi connectivity index (χ1v) is 11.5. The Kier molecular flexibility index (Phi) is 7.14. The van der Waals surface area contributed by atoms with Crippen LogP contribution in [0.15, 0.2) is 12.1 Å². The molecule has 0 N–H and O–H groups in total. The Morgan fingerprint density at radius 2 is 0.857 bits per heavy atom. The third-order valence-corrected chi connectivity index (χ3v) is 6.20. The molecule has 1 nitrogen and oxygen atoms in total. The maximum Gasteiger partial charge on any atom is 0.420 e. The Morgan fingerprint density at radius 1 is 0.500 bits per heavy atom. The van der Waals surface area contributed by atoms with E-state index in [1.165, 1.54) is 0 Å². The summed E-state index contributed by atoms with van der Waals surface area (Å²) in [5.41, 5.74) is -10.4. The third kappa shape index (κ3) is 4.75. The van der Waals surface area contributed by atoms with E-state index in [1.54, 1.807) is 0 Å². The van der Waals surface area contributed by atoms with Crippen molar-refractivity contribution in [2.75, 3.05) is 0 Å². The monoisotopic (exact) mass is 620 g/mol. The van der Waals surface area contributed by atoms with Crippen LogP contribution in [-0.2, 0) is 12.4 Å².